The lowest BCUT2D eigenvalue weighted by Gasteiger charge is -2.02. The predicted octanol–water partition coefficient (Wildman–Crippen LogP) is 1.78. The van der Waals surface area contributed by atoms with Crippen molar-refractivity contribution in [1.29, 1.82) is 0 Å². The van der Waals surface area contributed by atoms with Crippen molar-refractivity contribution in [2.75, 3.05) is 7.11 Å². The van der Waals surface area contributed by atoms with Crippen LogP contribution < -0.4 is 4.74 Å². The standard InChI is InChI=1S/C8H7F2NO2/c1-13-6-2-5(4-11-12)8(10)7(9)3-6/h2-4,12H,1H3. The van der Waals surface area contributed by atoms with E-state index in [0.717, 1.165) is 12.3 Å². The first-order chi connectivity index (χ1) is 6.19. The van der Waals surface area contributed by atoms with Gasteiger partial charge >= 0.3 is 0 Å². The zero-order valence-corrected chi connectivity index (χ0v) is 6.79. The maximum Gasteiger partial charge on any atom is 0.167 e. The fourth-order valence-corrected chi connectivity index (χ4v) is 0.858. The summed E-state index contributed by atoms with van der Waals surface area (Å²) >= 11 is 0. The molecule has 0 aliphatic heterocycles. The highest BCUT2D eigenvalue weighted by Crippen LogP contribution is 2.18. The second-order valence-corrected chi connectivity index (χ2v) is 2.26. The number of hydrogen-bond donors (Lipinski definition) is 1. The van der Waals surface area contributed by atoms with E-state index in [1.807, 2.05) is 0 Å². The molecule has 0 radical (unpaired) electrons. The summed E-state index contributed by atoms with van der Waals surface area (Å²) in [5.41, 5.74) is -0.167. The van der Waals surface area contributed by atoms with Crippen molar-refractivity contribution in [1.82, 2.24) is 0 Å². The summed E-state index contributed by atoms with van der Waals surface area (Å²) in [6, 6.07) is 2.13. The van der Waals surface area contributed by atoms with E-state index in [4.69, 9.17) is 5.21 Å². The van der Waals surface area contributed by atoms with E-state index >= 15 is 0 Å². The van der Waals surface area contributed by atoms with E-state index in [0.29, 0.717) is 0 Å². The summed E-state index contributed by atoms with van der Waals surface area (Å²) in [5, 5.41) is 10.7. The van der Waals surface area contributed by atoms with Gasteiger partial charge in [0.15, 0.2) is 11.6 Å². The second-order valence-electron chi connectivity index (χ2n) is 2.26. The third-order valence-corrected chi connectivity index (χ3v) is 1.46. The van der Waals surface area contributed by atoms with E-state index in [1.165, 1.54) is 13.2 Å². The molecule has 13 heavy (non-hydrogen) atoms. The lowest BCUT2D eigenvalue weighted by atomic mass is 10.2. The summed E-state index contributed by atoms with van der Waals surface area (Å²) in [4.78, 5) is 0. The number of oxime groups is 1. The van der Waals surface area contributed by atoms with E-state index in [1.54, 1.807) is 0 Å². The number of ether oxygens (including phenoxy) is 1. The molecule has 0 spiro atoms. The van der Waals surface area contributed by atoms with E-state index in [9.17, 15) is 8.78 Å². The van der Waals surface area contributed by atoms with Gasteiger partial charge in [-0.05, 0) is 6.07 Å². The Balaban J connectivity index is 3.24. The fraction of sp³-hybridized carbons (Fsp3) is 0.125. The van der Waals surface area contributed by atoms with Crippen molar-refractivity contribution in [3.05, 3.63) is 29.3 Å². The molecule has 0 amide bonds. The molecule has 0 heterocycles. The molecule has 3 nitrogen and oxygen atoms in total. The topological polar surface area (TPSA) is 41.8 Å². The van der Waals surface area contributed by atoms with Crippen molar-refractivity contribution in [3.63, 3.8) is 0 Å². The molecule has 0 aliphatic carbocycles. The lowest BCUT2D eigenvalue weighted by Crippen LogP contribution is -1.95. The van der Waals surface area contributed by atoms with Crippen LogP contribution in [0.5, 0.6) is 5.75 Å². The van der Waals surface area contributed by atoms with Crippen LogP contribution in [-0.4, -0.2) is 18.5 Å². The minimum Gasteiger partial charge on any atom is -0.497 e. The summed E-state index contributed by atoms with van der Waals surface area (Å²) in [6.45, 7) is 0. The van der Waals surface area contributed by atoms with Gasteiger partial charge in [0.25, 0.3) is 0 Å². The minimum absolute atomic E-state index is 0.161. The number of halogens is 2. The maximum atomic E-state index is 12.9. The fourth-order valence-electron chi connectivity index (χ4n) is 0.858. The van der Waals surface area contributed by atoms with Gasteiger partial charge in [0, 0.05) is 11.6 Å². The Morgan fingerprint density at radius 2 is 2.15 bits per heavy atom. The first kappa shape index (κ1) is 9.44. The van der Waals surface area contributed by atoms with Gasteiger partial charge in [-0.1, -0.05) is 5.16 Å². The summed E-state index contributed by atoms with van der Waals surface area (Å²) in [5.74, 6) is -1.96. The third kappa shape index (κ3) is 1.93. The van der Waals surface area contributed by atoms with Crippen LogP contribution in [0.2, 0.25) is 0 Å². The van der Waals surface area contributed by atoms with Gasteiger partial charge in [0.1, 0.15) is 5.75 Å². The van der Waals surface area contributed by atoms with Crippen LogP contribution in [0.1, 0.15) is 5.56 Å². The largest absolute Gasteiger partial charge is 0.497 e. The van der Waals surface area contributed by atoms with Gasteiger partial charge < -0.3 is 9.94 Å². The highest BCUT2D eigenvalue weighted by Gasteiger charge is 2.09. The Labute approximate surface area is 73.2 Å². The molecule has 0 atom stereocenters. The zero-order chi connectivity index (χ0) is 9.84. The Morgan fingerprint density at radius 3 is 2.69 bits per heavy atom. The van der Waals surface area contributed by atoms with Gasteiger partial charge in [-0.3, -0.25) is 0 Å². The SMILES string of the molecule is COc1cc(F)c(F)c(C=NO)c1. The molecule has 0 saturated carbocycles. The van der Waals surface area contributed by atoms with Crippen molar-refractivity contribution >= 4 is 6.21 Å². The van der Waals surface area contributed by atoms with Crippen molar-refractivity contribution in [2.24, 2.45) is 5.16 Å². The Hall–Kier alpha value is -1.65. The Bertz CT molecular complexity index is 339. The van der Waals surface area contributed by atoms with Gasteiger partial charge in [0.2, 0.25) is 0 Å². The van der Waals surface area contributed by atoms with Crippen LogP contribution in [-0.2, 0) is 0 Å². The molecule has 1 aromatic rings. The molecule has 0 aliphatic rings. The predicted molar refractivity (Wildman–Crippen MR) is 42.3 cm³/mol. The van der Waals surface area contributed by atoms with Gasteiger partial charge in [-0.25, -0.2) is 8.78 Å². The zero-order valence-electron chi connectivity index (χ0n) is 6.79. The van der Waals surface area contributed by atoms with Gasteiger partial charge in [-0.2, -0.15) is 0 Å². The quantitative estimate of drug-likeness (QED) is 0.435. The molecule has 0 saturated heterocycles. The Morgan fingerprint density at radius 1 is 1.46 bits per heavy atom. The van der Waals surface area contributed by atoms with Gasteiger partial charge in [0.05, 0.1) is 13.3 Å². The van der Waals surface area contributed by atoms with E-state index < -0.39 is 11.6 Å². The number of nitrogens with zero attached hydrogens (tertiary/aromatic N) is 1. The molecule has 70 valence electrons. The molecule has 1 rings (SSSR count). The lowest BCUT2D eigenvalue weighted by molar-refractivity contribution is 0.321. The van der Waals surface area contributed by atoms with E-state index in [-0.39, 0.29) is 11.3 Å². The van der Waals surface area contributed by atoms with Crippen LogP contribution in [0.15, 0.2) is 17.3 Å². The normalized spacial score (nSPS) is 10.7. The molecular formula is C8H7F2NO2. The highest BCUT2D eigenvalue weighted by atomic mass is 19.2. The molecule has 5 heteroatoms. The van der Waals surface area contributed by atoms with Crippen LogP contribution in [0.25, 0.3) is 0 Å². The van der Waals surface area contributed by atoms with Gasteiger partial charge in [-0.15, -0.1) is 0 Å². The minimum atomic E-state index is -1.07. The number of benzene rings is 1. The number of hydrogen-bond acceptors (Lipinski definition) is 3. The van der Waals surface area contributed by atoms with Crippen LogP contribution in [0.4, 0.5) is 8.78 Å². The second kappa shape index (κ2) is 3.84. The summed E-state index contributed by atoms with van der Waals surface area (Å²) < 4.78 is 30.3. The molecule has 0 bridgehead atoms. The third-order valence-electron chi connectivity index (χ3n) is 1.46. The van der Waals surface area contributed by atoms with Crippen molar-refractivity contribution < 1.29 is 18.7 Å². The first-order valence-corrected chi connectivity index (χ1v) is 3.39. The molecule has 0 aromatic heterocycles. The molecular weight excluding hydrogens is 180 g/mol. The Kier molecular flexibility index (Phi) is 2.79. The van der Waals surface area contributed by atoms with Crippen LogP contribution in [0.3, 0.4) is 0 Å². The van der Waals surface area contributed by atoms with Crippen LogP contribution in [0, 0.1) is 11.6 Å². The molecule has 1 aromatic carbocycles. The number of rotatable bonds is 2. The maximum absolute atomic E-state index is 12.9. The highest BCUT2D eigenvalue weighted by molar-refractivity contribution is 5.80. The summed E-state index contributed by atoms with van der Waals surface area (Å²) in [6.07, 6.45) is 0.793. The van der Waals surface area contributed by atoms with E-state index in [2.05, 4.69) is 9.89 Å². The first-order valence-electron chi connectivity index (χ1n) is 3.39. The molecule has 0 unspecified atom stereocenters. The number of methoxy groups -OCH3 is 1. The van der Waals surface area contributed by atoms with Crippen LogP contribution >= 0.6 is 0 Å². The smallest absolute Gasteiger partial charge is 0.167 e. The van der Waals surface area contributed by atoms with Crippen molar-refractivity contribution in [3.8, 4) is 5.75 Å². The molecule has 0 fully saturated rings. The summed E-state index contributed by atoms with van der Waals surface area (Å²) in [7, 11) is 1.33. The molecule has 1 N–H and O–H groups in total. The monoisotopic (exact) mass is 187 g/mol. The average molecular weight is 187 g/mol. The average Bonchev–Trinajstić information content (AvgIpc) is 2.13. The van der Waals surface area contributed by atoms with Crippen molar-refractivity contribution in [2.45, 2.75) is 0 Å².